The molecule has 0 aliphatic carbocycles. The number of aryl methyl sites for hydroxylation is 1. The maximum atomic E-state index is 12.3. The first-order valence-electron chi connectivity index (χ1n) is 9.50. The second-order valence-electron chi connectivity index (χ2n) is 6.91. The van der Waals surface area contributed by atoms with E-state index < -0.39 is 5.97 Å². The molecule has 0 bridgehead atoms. The highest BCUT2D eigenvalue weighted by molar-refractivity contribution is 5.80. The van der Waals surface area contributed by atoms with Crippen LogP contribution in [0.3, 0.4) is 0 Å². The number of piperidine rings is 1. The molecule has 7 heteroatoms. The number of carbonyl (C=O) groups is 2. The number of ether oxygens (including phenoxy) is 1. The molecular formula is C21H22N2O5. The number of rotatable bonds is 6. The number of benzene rings is 1. The predicted molar refractivity (Wildman–Crippen MR) is 101 cm³/mol. The van der Waals surface area contributed by atoms with Crippen LogP contribution in [0.15, 0.2) is 51.5 Å². The van der Waals surface area contributed by atoms with E-state index >= 15 is 0 Å². The molecular weight excluding hydrogens is 360 g/mol. The summed E-state index contributed by atoms with van der Waals surface area (Å²) in [7, 11) is 0. The van der Waals surface area contributed by atoms with Gasteiger partial charge < -0.3 is 18.5 Å². The van der Waals surface area contributed by atoms with Crippen LogP contribution >= 0.6 is 0 Å². The van der Waals surface area contributed by atoms with E-state index in [0.717, 1.165) is 35.6 Å². The van der Waals surface area contributed by atoms with Crippen LogP contribution in [0.2, 0.25) is 0 Å². The number of fused-ring (bicyclic) bond motifs is 1. The Morgan fingerprint density at radius 1 is 1.14 bits per heavy atom. The number of aromatic nitrogens is 1. The molecule has 4 rings (SSSR count). The van der Waals surface area contributed by atoms with Gasteiger partial charge in [0.15, 0.2) is 18.1 Å². The SMILES string of the molecule is O=C(CCc1ccco1)OCC(=O)N1CCC(c2nc3ccccc3o2)CC1. The Kier molecular flexibility index (Phi) is 5.41. The average Bonchev–Trinajstić information content (AvgIpc) is 3.40. The van der Waals surface area contributed by atoms with Gasteiger partial charge in [-0.2, -0.15) is 0 Å². The van der Waals surface area contributed by atoms with Crippen LogP contribution in [0, 0.1) is 0 Å². The van der Waals surface area contributed by atoms with E-state index in [2.05, 4.69) is 4.98 Å². The minimum atomic E-state index is -0.397. The molecule has 0 radical (unpaired) electrons. The first kappa shape index (κ1) is 18.3. The number of nitrogens with zero attached hydrogens (tertiary/aromatic N) is 2. The van der Waals surface area contributed by atoms with Crippen LogP contribution in [-0.4, -0.2) is 41.5 Å². The molecule has 0 spiro atoms. The molecule has 2 aromatic heterocycles. The van der Waals surface area contributed by atoms with Gasteiger partial charge in [0.1, 0.15) is 11.3 Å². The fourth-order valence-corrected chi connectivity index (χ4v) is 3.43. The molecule has 0 saturated carbocycles. The third-order valence-corrected chi connectivity index (χ3v) is 5.02. The van der Waals surface area contributed by atoms with E-state index in [4.69, 9.17) is 13.6 Å². The topological polar surface area (TPSA) is 85.8 Å². The summed E-state index contributed by atoms with van der Waals surface area (Å²) in [4.78, 5) is 30.4. The van der Waals surface area contributed by atoms with Crippen molar-refractivity contribution in [1.82, 2.24) is 9.88 Å². The van der Waals surface area contributed by atoms with Crippen molar-refractivity contribution in [3.63, 3.8) is 0 Å². The van der Waals surface area contributed by atoms with E-state index in [9.17, 15) is 9.59 Å². The molecule has 1 aromatic carbocycles. The molecule has 7 nitrogen and oxygen atoms in total. The minimum Gasteiger partial charge on any atom is -0.469 e. The normalized spacial score (nSPS) is 15.1. The summed E-state index contributed by atoms with van der Waals surface area (Å²) in [6.07, 6.45) is 3.79. The lowest BCUT2D eigenvalue weighted by Gasteiger charge is -2.30. The van der Waals surface area contributed by atoms with Crippen LogP contribution in [0.25, 0.3) is 11.1 Å². The molecule has 3 heterocycles. The Morgan fingerprint density at radius 2 is 1.96 bits per heavy atom. The lowest BCUT2D eigenvalue weighted by atomic mass is 9.97. The number of amides is 1. The van der Waals surface area contributed by atoms with E-state index in [0.29, 0.717) is 19.5 Å². The van der Waals surface area contributed by atoms with E-state index in [1.807, 2.05) is 24.3 Å². The predicted octanol–water partition coefficient (Wildman–Crippen LogP) is 3.30. The number of hydrogen-bond donors (Lipinski definition) is 0. The summed E-state index contributed by atoms with van der Waals surface area (Å²) < 4.78 is 16.1. The minimum absolute atomic E-state index is 0.164. The molecule has 146 valence electrons. The fraction of sp³-hybridized carbons (Fsp3) is 0.381. The van der Waals surface area contributed by atoms with Crippen LogP contribution in [-0.2, 0) is 20.7 Å². The molecule has 1 fully saturated rings. The van der Waals surface area contributed by atoms with Crippen LogP contribution < -0.4 is 0 Å². The fourth-order valence-electron chi connectivity index (χ4n) is 3.43. The van der Waals surface area contributed by atoms with Crippen molar-refractivity contribution in [2.45, 2.75) is 31.6 Å². The molecule has 0 N–H and O–H groups in total. The average molecular weight is 382 g/mol. The van der Waals surface area contributed by atoms with Gasteiger partial charge in [-0.15, -0.1) is 0 Å². The van der Waals surface area contributed by atoms with Crippen molar-refractivity contribution in [3.05, 3.63) is 54.3 Å². The highest BCUT2D eigenvalue weighted by atomic mass is 16.5. The van der Waals surface area contributed by atoms with Crippen molar-refractivity contribution in [2.24, 2.45) is 0 Å². The number of carbonyl (C=O) groups excluding carboxylic acids is 2. The maximum Gasteiger partial charge on any atom is 0.306 e. The van der Waals surface area contributed by atoms with Crippen molar-refractivity contribution in [3.8, 4) is 0 Å². The van der Waals surface area contributed by atoms with Gasteiger partial charge in [0, 0.05) is 25.4 Å². The van der Waals surface area contributed by atoms with Gasteiger partial charge in [-0.1, -0.05) is 12.1 Å². The van der Waals surface area contributed by atoms with Gasteiger partial charge in [-0.05, 0) is 37.1 Å². The lowest BCUT2D eigenvalue weighted by molar-refractivity contribution is -0.152. The Hall–Kier alpha value is -3.09. The Labute approximate surface area is 162 Å². The number of para-hydroxylation sites is 2. The largest absolute Gasteiger partial charge is 0.469 e. The zero-order chi connectivity index (χ0) is 19.3. The van der Waals surface area contributed by atoms with Gasteiger partial charge in [-0.25, -0.2) is 4.98 Å². The lowest BCUT2D eigenvalue weighted by Crippen LogP contribution is -2.40. The van der Waals surface area contributed by atoms with Crippen molar-refractivity contribution >= 4 is 23.0 Å². The van der Waals surface area contributed by atoms with E-state index in [1.165, 1.54) is 0 Å². The first-order valence-corrected chi connectivity index (χ1v) is 9.50. The molecule has 1 amide bonds. The second kappa shape index (κ2) is 8.29. The van der Waals surface area contributed by atoms with Gasteiger partial charge in [0.05, 0.1) is 12.7 Å². The van der Waals surface area contributed by atoms with Crippen molar-refractivity contribution < 1.29 is 23.2 Å². The van der Waals surface area contributed by atoms with Crippen LogP contribution in [0.4, 0.5) is 0 Å². The Morgan fingerprint density at radius 3 is 2.71 bits per heavy atom. The summed E-state index contributed by atoms with van der Waals surface area (Å²) >= 11 is 0. The molecule has 0 unspecified atom stereocenters. The number of hydrogen-bond acceptors (Lipinski definition) is 6. The smallest absolute Gasteiger partial charge is 0.306 e. The Bertz CT molecular complexity index is 906. The van der Waals surface area contributed by atoms with Gasteiger partial charge in [0.2, 0.25) is 0 Å². The van der Waals surface area contributed by atoms with E-state index in [-0.39, 0.29) is 24.9 Å². The van der Waals surface area contributed by atoms with Crippen molar-refractivity contribution in [2.75, 3.05) is 19.7 Å². The summed E-state index contributed by atoms with van der Waals surface area (Å²) in [6, 6.07) is 11.3. The molecule has 28 heavy (non-hydrogen) atoms. The second-order valence-corrected chi connectivity index (χ2v) is 6.91. The maximum absolute atomic E-state index is 12.3. The number of oxazole rings is 1. The third-order valence-electron chi connectivity index (χ3n) is 5.02. The highest BCUT2D eigenvalue weighted by Gasteiger charge is 2.27. The van der Waals surface area contributed by atoms with Gasteiger partial charge in [0.25, 0.3) is 5.91 Å². The quantitative estimate of drug-likeness (QED) is 0.608. The molecule has 1 aliphatic rings. The van der Waals surface area contributed by atoms with Crippen LogP contribution in [0.1, 0.15) is 36.8 Å². The highest BCUT2D eigenvalue weighted by Crippen LogP contribution is 2.29. The third kappa shape index (κ3) is 4.24. The zero-order valence-electron chi connectivity index (χ0n) is 15.5. The van der Waals surface area contributed by atoms with Gasteiger partial charge in [-0.3, -0.25) is 9.59 Å². The number of likely N-dealkylation sites (tertiary alicyclic amines) is 1. The molecule has 3 aromatic rings. The van der Waals surface area contributed by atoms with E-state index in [1.54, 1.807) is 23.3 Å². The number of esters is 1. The molecule has 0 atom stereocenters. The zero-order valence-corrected chi connectivity index (χ0v) is 15.5. The number of furan rings is 1. The summed E-state index contributed by atoms with van der Waals surface area (Å²) in [5.74, 6) is 1.10. The monoisotopic (exact) mass is 382 g/mol. The summed E-state index contributed by atoms with van der Waals surface area (Å²) in [5, 5.41) is 0. The summed E-state index contributed by atoms with van der Waals surface area (Å²) in [6.45, 7) is 0.989. The summed E-state index contributed by atoms with van der Waals surface area (Å²) in [5.41, 5.74) is 1.65. The standard InChI is InChI=1S/C21H22N2O5/c24-19(14-27-20(25)8-7-16-4-3-13-26-16)23-11-9-15(10-12-23)21-22-17-5-1-2-6-18(17)28-21/h1-6,13,15H,7-12,14H2. The first-order chi connectivity index (χ1) is 13.7. The van der Waals surface area contributed by atoms with Crippen LogP contribution in [0.5, 0.6) is 0 Å². The Balaban J connectivity index is 1.22. The molecule has 1 aliphatic heterocycles. The molecule has 1 saturated heterocycles. The van der Waals surface area contributed by atoms with Gasteiger partial charge >= 0.3 is 5.97 Å². The van der Waals surface area contributed by atoms with Crippen molar-refractivity contribution in [1.29, 1.82) is 0 Å².